The van der Waals surface area contributed by atoms with Gasteiger partial charge >= 0.3 is 0 Å². The fraction of sp³-hybridized carbons (Fsp3) is 0.333. The average Bonchev–Trinajstić information content (AvgIpc) is 3.28. The number of aromatic nitrogens is 1. The van der Waals surface area contributed by atoms with Crippen molar-refractivity contribution in [3.05, 3.63) is 47.7 Å². The molecule has 0 atom stereocenters. The van der Waals surface area contributed by atoms with Crippen LogP contribution in [0.4, 0.5) is 0 Å². The van der Waals surface area contributed by atoms with Crippen molar-refractivity contribution in [3.63, 3.8) is 0 Å². The van der Waals surface area contributed by atoms with E-state index in [1.165, 1.54) is 6.92 Å². The van der Waals surface area contributed by atoms with Gasteiger partial charge in [0.05, 0.1) is 18.5 Å². The van der Waals surface area contributed by atoms with E-state index in [4.69, 9.17) is 4.74 Å². The van der Waals surface area contributed by atoms with Gasteiger partial charge in [0.25, 0.3) is 0 Å². The van der Waals surface area contributed by atoms with Crippen LogP contribution in [0.25, 0.3) is 17.0 Å². The van der Waals surface area contributed by atoms with Crippen molar-refractivity contribution >= 4 is 17.3 Å². The van der Waals surface area contributed by atoms with Crippen LogP contribution in [-0.4, -0.2) is 28.3 Å². The lowest BCUT2D eigenvalue weighted by atomic mass is 9.81. The Balaban J connectivity index is 2.04. The highest BCUT2D eigenvalue weighted by atomic mass is 16.5. The normalized spacial score (nSPS) is 18.3. The number of fused-ring (bicyclic) bond motifs is 2. The molecule has 1 aliphatic carbocycles. The third-order valence-corrected chi connectivity index (χ3v) is 5.60. The van der Waals surface area contributed by atoms with Crippen LogP contribution in [-0.2, 0) is 15.1 Å². The van der Waals surface area contributed by atoms with E-state index in [0.717, 1.165) is 24.1 Å². The number of hydrogen-bond donors (Lipinski definition) is 1. The van der Waals surface area contributed by atoms with Crippen molar-refractivity contribution in [1.82, 2.24) is 4.57 Å². The summed E-state index contributed by atoms with van der Waals surface area (Å²) in [6.45, 7) is 1.34. The summed E-state index contributed by atoms with van der Waals surface area (Å²) < 4.78 is 7.43. The van der Waals surface area contributed by atoms with E-state index < -0.39 is 5.54 Å². The Morgan fingerprint density at radius 2 is 1.77 bits per heavy atom. The van der Waals surface area contributed by atoms with Crippen molar-refractivity contribution in [2.45, 2.75) is 38.1 Å². The summed E-state index contributed by atoms with van der Waals surface area (Å²) in [5, 5.41) is 10.7. The van der Waals surface area contributed by atoms with Crippen LogP contribution >= 0.6 is 0 Å². The Morgan fingerprint density at radius 3 is 2.42 bits per heavy atom. The van der Waals surface area contributed by atoms with Crippen LogP contribution < -0.4 is 4.74 Å². The van der Waals surface area contributed by atoms with Crippen LogP contribution in [0.2, 0.25) is 0 Å². The van der Waals surface area contributed by atoms with Crippen LogP contribution in [0, 0.1) is 0 Å². The highest BCUT2D eigenvalue weighted by Gasteiger charge is 2.51. The smallest absolute Gasteiger partial charge is 0.196 e. The maximum Gasteiger partial charge on any atom is 0.196 e. The summed E-state index contributed by atoms with van der Waals surface area (Å²) in [6.07, 6.45) is 3.17. The first-order valence-electron chi connectivity index (χ1n) is 8.86. The molecule has 0 amide bonds. The summed E-state index contributed by atoms with van der Waals surface area (Å²) >= 11 is 0. The van der Waals surface area contributed by atoms with Crippen molar-refractivity contribution in [2.75, 3.05) is 7.11 Å². The van der Waals surface area contributed by atoms with E-state index >= 15 is 0 Å². The number of ether oxygens (including phenoxy) is 1. The van der Waals surface area contributed by atoms with Crippen LogP contribution in [0.5, 0.6) is 5.75 Å². The Labute approximate surface area is 151 Å². The first-order valence-corrected chi connectivity index (χ1v) is 8.86. The maximum absolute atomic E-state index is 13.3. The monoisotopic (exact) mass is 351 g/mol. The number of methoxy groups -OCH3 is 1. The van der Waals surface area contributed by atoms with Crippen LogP contribution in [0.15, 0.2) is 42.0 Å². The average molecular weight is 351 g/mol. The molecule has 0 radical (unpaired) electrons. The molecule has 0 unspecified atom stereocenters. The largest absolute Gasteiger partial charge is 0.505 e. The number of para-hydroxylation sites is 1. The minimum Gasteiger partial charge on any atom is -0.505 e. The topological polar surface area (TPSA) is 68.5 Å². The third kappa shape index (κ3) is 2.09. The SMILES string of the molecule is COc1ccccc1-c1ccc2n1C1(CCCC1)C(=O)C(C(C)=O)=C2O. The van der Waals surface area contributed by atoms with Crippen molar-refractivity contribution < 1.29 is 19.4 Å². The molecule has 5 nitrogen and oxygen atoms in total. The fourth-order valence-corrected chi connectivity index (χ4v) is 4.46. The molecule has 1 aliphatic heterocycles. The summed E-state index contributed by atoms with van der Waals surface area (Å²) in [5.41, 5.74) is 1.34. The van der Waals surface area contributed by atoms with Crippen LogP contribution in [0.1, 0.15) is 38.3 Å². The van der Waals surface area contributed by atoms with Gasteiger partial charge in [0.2, 0.25) is 0 Å². The Bertz CT molecular complexity index is 945. The molecule has 1 saturated carbocycles. The van der Waals surface area contributed by atoms with Gasteiger partial charge in [0.15, 0.2) is 17.3 Å². The predicted molar refractivity (Wildman–Crippen MR) is 98.1 cm³/mol. The Kier molecular flexibility index (Phi) is 3.75. The molecule has 134 valence electrons. The number of aliphatic hydroxyl groups excluding tert-OH is 1. The Morgan fingerprint density at radius 1 is 1.12 bits per heavy atom. The third-order valence-electron chi connectivity index (χ3n) is 5.60. The summed E-state index contributed by atoms with van der Waals surface area (Å²) in [6, 6.07) is 11.3. The lowest BCUT2D eigenvalue weighted by molar-refractivity contribution is -0.126. The van der Waals surface area contributed by atoms with Crippen molar-refractivity contribution in [3.8, 4) is 17.0 Å². The van der Waals surface area contributed by atoms with Gasteiger partial charge in [0.1, 0.15) is 16.9 Å². The second-order valence-corrected chi connectivity index (χ2v) is 6.99. The van der Waals surface area contributed by atoms with Gasteiger partial charge in [0, 0.05) is 5.56 Å². The highest BCUT2D eigenvalue weighted by molar-refractivity contribution is 6.27. The molecule has 1 N–H and O–H groups in total. The number of nitrogens with zero attached hydrogens (tertiary/aromatic N) is 1. The molecule has 0 saturated heterocycles. The Hall–Kier alpha value is -2.82. The molecule has 5 heteroatoms. The second-order valence-electron chi connectivity index (χ2n) is 6.99. The molecular formula is C21H21NO4. The molecule has 2 aliphatic rings. The number of rotatable bonds is 3. The molecule has 1 spiro atoms. The van der Waals surface area contributed by atoms with E-state index in [0.29, 0.717) is 24.3 Å². The van der Waals surface area contributed by atoms with Gasteiger partial charge in [-0.15, -0.1) is 0 Å². The molecule has 1 fully saturated rings. The quantitative estimate of drug-likeness (QED) is 0.852. The highest BCUT2D eigenvalue weighted by Crippen LogP contribution is 2.48. The van der Waals surface area contributed by atoms with Crippen molar-refractivity contribution in [2.24, 2.45) is 0 Å². The molecule has 26 heavy (non-hydrogen) atoms. The van der Waals surface area contributed by atoms with E-state index in [-0.39, 0.29) is 22.9 Å². The zero-order chi connectivity index (χ0) is 18.5. The number of Topliss-reactive ketones (excluding diaryl/α,β-unsaturated/α-hetero) is 2. The van der Waals surface area contributed by atoms with Gasteiger partial charge in [-0.2, -0.15) is 0 Å². The first-order chi connectivity index (χ1) is 12.5. The molecule has 4 rings (SSSR count). The molecule has 1 aromatic heterocycles. The fourth-order valence-electron chi connectivity index (χ4n) is 4.46. The number of carbonyl (C=O) groups excluding carboxylic acids is 2. The van der Waals surface area contributed by atoms with Gasteiger partial charge < -0.3 is 14.4 Å². The van der Waals surface area contributed by atoms with Gasteiger partial charge in [-0.1, -0.05) is 25.0 Å². The predicted octanol–water partition coefficient (Wildman–Crippen LogP) is 3.87. The number of allylic oxidation sites excluding steroid dienone is 1. The summed E-state index contributed by atoms with van der Waals surface area (Å²) in [4.78, 5) is 25.4. The second kappa shape index (κ2) is 5.87. The molecule has 2 aromatic rings. The zero-order valence-electron chi connectivity index (χ0n) is 14.9. The molecular weight excluding hydrogens is 330 g/mol. The van der Waals surface area contributed by atoms with Gasteiger partial charge in [-0.05, 0) is 44.0 Å². The minimum atomic E-state index is -0.803. The molecule has 1 aromatic carbocycles. The van der Waals surface area contributed by atoms with E-state index in [1.54, 1.807) is 13.2 Å². The lowest BCUT2D eigenvalue weighted by Gasteiger charge is -2.37. The number of benzene rings is 1. The standard InChI is InChI=1S/C21H21NO4/c1-13(23)18-19(24)16-10-9-15(14-7-3-4-8-17(14)26-2)22(16)21(20(18)25)11-5-6-12-21/h3-4,7-10,24H,5-6,11-12H2,1-2H3. The lowest BCUT2D eigenvalue weighted by Crippen LogP contribution is -2.45. The number of hydrogen-bond acceptors (Lipinski definition) is 4. The number of ketones is 2. The molecule has 2 heterocycles. The summed E-state index contributed by atoms with van der Waals surface area (Å²) in [7, 11) is 1.61. The summed E-state index contributed by atoms with van der Waals surface area (Å²) in [5.74, 6) is -0.166. The first kappa shape index (κ1) is 16.6. The van der Waals surface area contributed by atoms with Gasteiger partial charge in [-0.25, -0.2) is 0 Å². The minimum absolute atomic E-state index is 0.0657. The molecule has 0 bridgehead atoms. The number of carbonyl (C=O) groups is 2. The van der Waals surface area contributed by atoms with E-state index in [1.807, 2.05) is 34.9 Å². The zero-order valence-corrected chi connectivity index (χ0v) is 14.9. The van der Waals surface area contributed by atoms with Crippen molar-refractivity contribution in [1.29, 1.82) is 0 Å². The van der Waals surface area contributed by atoms with Crippen LogP contribution in [0.3, 0.4) is 0 Å². The van der Waals surface area contributed by atoms with E-state index in [9.17, 15) is 14.7 Å². The number of aliphatic hydroxyl groups is 1. The van der Waals surface area contributed by atoms with E-state index in [2.05, 4.69) is 0 Å². The maximum atomic E-state index is 13.3. The van der Waals surface area contributed by atoms with Gasteiger partial charge in [-0.3, -0.25) is 9.59 Å².